The Morgan fingerprint density at radius 3 is 0.817 bits per heavy atom. The molecule has 6 aliphatic rings. The van der Waals surface area contributed by atoms with Crippen molar-refractivity contribution < 1.29 is 39.6 Å². The van der Waals surface area contributed by atoms with Crippen molar-refractivity contribution in [3.8, 4) is 0 Å². The van der Waals surface area contributed by atoms with Crippen molar-refractivity contribution in [3.05, 3.63) is 143 Å². The number of hydrogen-bond acceptors (Lipinski definition) is 6. The zero-order valence-corrected chi connectivity index (χ0v) is 31.5. The lowest BCUT2D eigenvalue weighted by Gasteiger charge is -2.18. The predicted octanol–water partition coefficient (Wildman–Crippen LogP) is 8.22. The van der Waals surface area contributed by atoms with Crippen molar-refractivity contribution in [2.24, 2.45) is 0 Å². The van der Waals surface area contributed by atoms with Crippen LogP contribution in [0.15, 0.2) is 97.7 Å². The number of carboxylic acid groups (broad SMARTS) is 4. The second kappa shape index (κ2) is 14.8. The van der Waals surface area contributed by atoms with Gasteiger partial charge in [0.05, 0.1) is 22.8 Å². The Kier molecular flexibility index (Phi) is 9.20. The Morgan fingerprint density at radius 2 is 0.633 bits per heavy atom. The highest BCUT2D eigenvalue weighted by Gasteiger charge is 2.24. The summed E-state index contributed by atoms with van der Waals surface area (Å²) in [5, 5.41) is 38.7. The van der Waals surface area contributed by atoms with Crippen LogP contribution < -0.4 is 0 Å². The minimum absolute atomic E-state index is 0.111. The summed E-state index contributed by atoms with van der Waals surface area (Å²) in [4.78, 5) is 69.5. The van der Waals surface area contributed by atoms with Gasteiger partial charge in [-0.3, -0.25) is 19.6 Å². The third-order valence-electron chi connectivity index (χ3n) is 10.7. The molecule has 9 rings (SSSR count). The van der Waals surface area contributed by atoms with Crippen molar-refractivity contribution in [1.82, 2.24) is 39.5 Å². The average molecular weight is 803 g/mol. The topological polar surface area (TPSA) is 220 Å². The Labute approximate surface area is 340 Å². The molecule has 4 amide bonds. The van der Waals surface area contributed by atoms with E-state index >= 15 is 0 Å². The fourth-order valence-electron chi connectivity index (χ4n) is 7.71. The van der Waals surface area contributed by atoms with E-state index in [1.54, 1.807) is 24.3 Å². The summed E-state index contributed by atoms with van der Waals surface area (Å²) in [7, 11) is 0. The van der Waals surface area contributed by atoms with Crippen LogP contribution in [0.2, 0.25) is 0 Å². The number of amides is 4. The summed E-state index contributed by atoms with van der Waals surface area (Å²) in [5.41, 5.74) is 10.7. The Morgan fingerprint density at radius 1 is 0.400 bits per heavy atom. The van der Waals surface area contributed by atoms with Crippen LogP contribution in [0.5, 0.6) is 0 Å². The minimum atomic E-state index is -1.09. The van der Waals surface area contributed by atoms with E-state index in [4.69, 9.17) is 9.97 Å². The van der Waals surface area contributed by atoms with Crippen molar-refractivity contribution >= 4 is 93.0 Å². The summed E-state index contributed by atoms with van der Waals surface area (Å²) in [6.45, 7) is 0.446. The van der Waals surface area contributed by atoms with Gasteiger partial charge in [0, 0.05) is 95.3 Å². The molecule has 0 fully saturated rings. The predicted molar refractivity (Wildman–Crippen MR) is 226 cm³/mol. The molecule has 298 valence electrons. The Balaban J connectivity index is 1.37. The number of nitrogens with zero attached hydrogens (tertiary/aromatic N) is 6. The van der Waals surface area contributed by atoms with E-state index in [1.807, 2.05) is 72.9 Å². The molecular formula is C44H34N8O8. The molecule has 0 saturated heterocycles. The average Bonchev–Trinajstić information content (AvgIpc) is 4.10. The molecule has 0 saturated carbocycles. The molecule has 0 unspecified atom stereocenters. The van der Waals surface area contributed by atoms with Gasteiger partial charge in [-0.2, -0.15) is 0 Å². The fourth-order valence-corrected chi connectivity index (χ4v) is 7.71. The molecule has 8 bridgehead atoms. The zero-order valence-electron chi connectivity index (χ0n) is 31.5. The van der Waals surface area contributed by atoms with Gasteiger partial charge in [-0.05, 0) is 95.2 Å². The summed E-state index contributed by atoms with van der Waals surface area (Å²) in [5.74, 6) is 0. The number of hydrogen-bond donors (Lipinski definition) is 6. The van der Waals surface area contributed by atoms with Crippen LogP contribution in [0.3, 0.4) is 0 Å². The number of H-pyrrole nitrogens is 2. The summed E-state index contributed by atoms with van der Waals surface area (Å²) in [6, 6.07) is 7.64. The minimum Gasteiger partial charge on any atom is -0.465 e. The third-order valence-corrected chi connectivity index (χ3v) is 10.7. The molecule has 0 atom stereocenters. The van der Waals surface area contributed by atoms with Crippen LogP contribution in [0.25, 0.3) is 68.7 Å². The standard InChI is InChI=1S/C44H34N8O8/c53-41(54)49-17-9-25(10-18-49)37-29-1-2-30(45-29)38(26-11-19-50(20-12-26)42(55)56)32-5-6-34(47-32)40(28-15-23-52(24-16-28)44(59)60)36-8-7-35(48-36)39(33-4-3-31(37)46-33)27-13-21-51(22-14-27)43(57)58/h1-17,19,21,23,45,48H,18,20,22,24H2,(H,53,54)(H,55,56)(H,57,58)(H,59,60). The van der Waals surface area contributed by atoms with Gasteiger partial charge >= 0.3 is 24.4 Å². The van der Waals surface area contributed by atoms with Gasteiger partial charge in [-0.25, -0.2) is 29.1 Å². The second-order valence-electron chi connectivity index (χ2n) is 14.1. The number of fused-ring (bicyclic) bond motifs is 8. The molecule has 60 heavy (non-hydrogen) atoms. The highest BCUT2D eigenvalue weighted by atomic mass is 16.4. The summed E-state index contributed by atoms with van der Waals surface area (Å²) in [6.07, 6.45) is 23.3. The van der Waals surface area contributed by atoms with E-state index in [1.165, 1.54) is 44.4 Å². The molecule has 3 aromatic rings. The van der Waals surface area contributed by atoms with Crippen LogP contribution in [0.1, 0.15) is 45.0 Å². The SMILES string of the molecule is O=C(O)N1C=CC(c2c3nc(c(C4=CCN(C(=O)O)C=C4)c4ccc([nH]4)c(C4=CCN(C(=O)O)C=C4)c4nc(c(C5=CCN(C(=O)O)C=C5)c5ccc2[nH]5)C=C4)C=C3)=CC1. The smallest absolute Gasteiger partial charge is 0.411 e. The zero-order chi connectivity index (χ0) is 41.7. The first kappa shape index (κ1) is 37.2. The van der Waals surface area contributed by atoms with Gasteiger partial charge < -0.3 is 30.4 Å². The van der Waals surface area contributed by atoms with Gasteiger partial charge in [0.25, 0.3) is 0 Å². The highest BCUT2D eigenvalue weighted by molar-refractivity contribution is 6.00. The molecule has 6 aliphatic heterocycles. The van der Waals surface area contributed by atoms with Gasteiger partial charge in [-0.15, -0.1) is 0 Å². The fraction of sp³-hybridized carbons (Fsp3) is 0.0909. The molecule has 6 N–H and O–H groups in total. The number of carbonyl (C=O) groups is 4. The maximum Gasteiger partial charge on any atom is 0.411 e. The van der Waals surface area contributed by atoms with Crippen LogP contribution in [0, 0.1) is 0 Å². The number of allylic oxidation sites excluding steroid dienone is 8. The number of aromatic nitrogens is 4. The summed E-state index contributed by atoms with van der Waals surface area (Å²) < 4.78 is 0. The van der Waals surface area contributed by atoms with Gasteiger partial charge in [0.1, 0.15) is 0 Å². The van der Waals surface area contributed by atoms with E-state index in [0.29, 0.717) is 67.1 Å². The maximum atomic E-state index is 11.8. The van der Waals surface area contributed by atoms with Crippen LogP contribution in [0.4, 0.5) is 19.2 Å². The molecule has 0 aliphatic carbocycles. The molecule has 9 heterocycles. The van der Waals surface area contributed by atoms with Crippen LogP contribution in [-0.4, -0.2) is 111 Å². The molecule has 3 aromatic heterocycles. The summed E-state index contributed by atoms with van der Waals surface area (Å²) >= 11 is 0. The van der Waals surface area contributed by atoms with E-state index in [-0.39, 0.29) is 26.2 Å². The number of rotatable bonds is 4. The molecule has 16 heteroatoms. The molecule has 0 radical (unpaired) electrons. The molecular weight excluding hydrogens is 769 g/mol. The lowest BCUT2D eigenvalue weighted by molar-refractivity contribution is 0.165. The second-order valence-corrected chi connectivity index (χ2v) is 14.1. The Hall–Kier alpha value is -8.40. The molecule has 16 nitrogen and oxygen atoms in total. The van der Waals surface area contributed by atoms with Gasteiger partial charge in [-0.1, -0.05) is 24.3 Å². The maximum absolute atomic E-state index is 11.8. The van der Waals surface area contributed by atoms with Crippen molar-refractivity contribution in [3.63, 3.8) is 0 Å². The molecule has 0 aromatic carbocycles. The van der Waals surface area contributed by atoms with Crippen molar-refractivity contribution in [1.29, 1.82) is 0 Å². The highest BCUT2D eigenvalue weighted by Crippen LogP contribution is 2.37. The Bertz CT molecular complexity index is 2550. The van der Waals surface area contributed by atoms with Crippen LogP contribution >= 0.6 is 0 Å². The van der Waals surface area contributed by atoms with E-state index in [2.05, 4.69) is 9.97 Å². The van der Waals surface area contributed by atoms with Crippen molar-refractivity contribution in [2.75, 3.05) is 26.2 Å². The number of nitrogens with one attached hydrogen (secondary N) is 2. The van der Waals surface area contributed by atoms with Crippen LogP contribution in [-0.2, 0) is 0 Å². The monoisotopic (exact) mass is 802 g/mol. The first-order valence-electron chi connectivity index (χ1n) is 18.7. The van der Waals surface area contributed by atoms with E-state index < -0.39 is 24.4 Å². The first-order chi connectivity index (χ1) is 29.0. The lowest BCUT2D eigenvalue weighted by Crippen LogP contribution is -2.25. The molecule has 0 spiro atoms. The number of aromatic amines is 2. The quantitative estimate of drug-likeness (QED) is 0.102. The van der Waals surface area contributed by atoms with Gasteiger partial charge in [0.15, 0.2) is 0 Å². The van der Waals surface area contributed by atoms with Gasteiger partial charge in [0.2, 0.25) is 0 Å². The largest absolute Gasteiger partial charge is 0.465 e. The van der Waals surface area contributed by atoms with E-state index in [0.717, 1.165) is 22.3 Å². The lowest BCUT2D eigenvalue weighted by atomic mass is 10.0. The van der Waals surface area contributed by atoms with E-state index in [9.17, 15) is 39.6 Å². The third kappa shape index (κ3) is 6.76. The normalized spacial score (nSPS) is 16.8. The first-order valence-corrected chi connectivity index (χ1v) is 18.7. The van der Waals surface area contributed by atoms with Crippen molar-refractivity contribution in [2.45, 2.75) is 0 Å².